The summed E-state index contributed by atoms with van der Waals surface area (Å²) in [5.41, 5.74) is 2.82. The molecule has 0 aliphatic heterocycles. The molecule has 0 radical (unpaired) electrons. The van der Waals surface area contributed by atoms with Crippen molar-refractivity contribution in [3.05, 3.63) is 108 Å². The van der Waals surface area contributed by atoms with Gasteiger partial charge in [0.25, 0.3) is 0 Å². The Morgan fingerprint density at radius 2 is 1.46 bits per heavy atom. The molecule has 1 heterocycles. The van der Waals surface area contributed by atoms with E-state index in [1.807, 2.05) is 72.8 Å². The Hall–Kier alpha value is -3.46. The van der Waals surface area contributed by atoms with Gasteiger partial charge in [0.1, 0.15) is 18.1 Å². The molecule has 4 rings (SSSR count). The lowest BCUT2D eigenvalue weighted by atomic mass is 10.1. The predicted molar refractivity (Wildman–Crippen MR) is 102 cm³/mol. The number of aromatic nitrogens is 1. The van der Waals surface area contributed by atoms with Crippen molar-refractivity contribution in [2.24, 2.45) is 0 Å². The van der Waals surface area contributed by atoms with Gasteiger partial charge in [-0.25, -0.2) is 4.98 Å². The summed E-state index contributed by atoms with van der Waals surface area (Å²) in [5, 5.41) is 0.896. The van der Waals surface area contributed by atoms with Crippen LogP contribution in [0.1, 0.15) is 21.6 Å². The number of fused-ring (bicyclic) bond motifs is 1. The quantitative estimate of drug-likeness (QED) is 0.478. The largest absolute Gasteiger partial charge is 0.488 e. The first-order chi connectivity index (χ1) is 12.8. The number of carbonyl (C=O) groups is 1. The van der Waals surface area contributed by atoms with Gasteiger partial charge in [-0.15, -0.1) is 0 Å². The standard InChI is InChI=1S/C23H17NO2/c25-23(18-11-5-2-6-12-18)21-15-22(19-13-7-8-14-20(19)24-21)26-16-17-9-3-1-4-10-17/h1-15H,16H2. The number of benzene rings is 3. The summed E-state index contributed by atoms with van der Waals surface area (Å²) in [5.74, 6) is 0.555. The van der Waals surface area contributed by atoms with Crippen LogP contribution in [0.5, 0.6) is 5.75 Å². The van der Waals surface area contributed by atoms with Crippen molar-refractivity contribution < 1.29 is 9.53 Å². The molecule has 26 heavy (non-hydrogen) atoms. The highest BCUT2D eigenvalue weighted by atomic mass is 16.5. The molecule has 3 aromatic carbocycles. The molecule has 1 aromatic heterocycles. The van der Waals surface area contributed by atoms with Gasteiger partial charge in [-0.05, 0) is 17.7 Å². The van der Waals surface area contributed by atoms with E-state index in [-0.39, 0.29) is 5.78 Å². The highest BCUT2D eigenvalue weighted by Crippen LogP contribution is 2.27. The molecule has 0 fully saturated rings. The molecule has 0 saturated heterocycles. The smallest absolute Gasteiger partial charge is 0.211 e. The third kappa shape index (κ3) is 3.33. The minimum absolute atomic E-state index is 0.110. The summed E-state index contributed by atoms with van der Waals surface area (Å²) in [6.45, 7) is 0.438. The summed E-state index contributed by atoms with van der Waals surface area (Å²) in [6, 6.07) is 28.6. The van der Waals surface area contributed by atoms with Gasteiger partial charge in [-0.2, -0.15) is 0 Å². The van der Waals surface area contributed by atoms with Gasteiger partial charge in [-0.1, -0.05) is 72.8 Å². The molecule has 0 unspecified atom stereocenters. The molecule has 0 N–H and O–H groups in total. The zero-order valence-corrected chi connectivity index (χ0v) is 14.1. The number of ether oxygens (including phenoxy) is 1. The van der Waals surface area contributed by atoms with E-state index in [0.29, 0.717) is 23.6 Å². The molecule has 0 aliphatic carbocycles. The van der Waals surface area contributed by atoms with Crippen molar-refractivity contribution in [1.82, 2.24) is 4.98 Å². The Kier molecular flexibility index (Phi) is 4.44. The minimum atomic E-state index is -0.110. The van der Waals surface area contributed by atoms with Crippen molar-refractivity contribution in [3.63, 3.8) is 0 Å². The Balaban J connectivity index is 1.72. The van der Waals surface area contributed by atoms with E-state index in [2.05, 4.69) is 4.98 Å². The summed E-state index contributed by atoms with van der Waals surface area (Å²) in [7, 11) is 0. The van der Waals surface area contributed by atoms with Crippen LogP contribution < -0.4 is 4.74 Å². The summed E-state index contributed by atoms with van der Waals surface area (Å²) < 4.78 is 6.04. The van der Waals surface area contributed by atoms with Gasteiger partial charge in [0.2, 0.25) is 5.78 Å². The Bertz CT molecular complexity index is 1040. The third-order valence-corrected chi connectivity index (χ3v) is 4.18. The SMILES string of the molecule is O=C(c1ccccc1)c1cc(OCc2ccccc2)c2ccccc2n1. The number of pyridine rings is 1. The van der Waals surface area contributed by atoms with Crippen LogP contribution in [0.4, 0.5) is 0 Å². The number of hydrogen-bond donors (Lipinski definition) is 0. The van der Waals surface area contributed by atoms with Gasteiger partial charge in [0.15, 0.2) is 0 Å². The van der Waals surface area contributed by atoms with Crippen LogP contribution in [0.25, 0.3) is 10.9 Å². The van der Waals surface area contributed by atoms with Crippen LogP contribution in [0.3, 0.4) is 0 Å². The normalized spacial score (nSPS) is 10.6. The van der Waals surface area contributed by atoms with Crippen LogP contribution >= 0.6 is 0 Å². The fraction of sp³-hybridized carbons (Fsp3) is 0.0435. The molecule has 0 aliphatic rings. The Morgan fingerprint density at radius 3 is 2.23 bits per heavy atom. The molecular formula is C23H17NO2. The van der Waals surface area contributed by atoms with Crippen LogP contribution in [-0.2, 0) is 6.61 Å². The van der Waals surface area contributed by atoms with Gasteiger partial charge < -0.3 is 4.74 Å². The highest BCUT2D eigenvalue weighted by molar-refractivity contribution is 6.09. The first-order valence-corrected chi connectivity index (χ1v) is 8.47. The molecule has 0 saturated carbocycles. The Labute approximate surface area is 151 Å². The van der Waals surface area contributed by atoms with E-state index >= 15 is 0 Å². The van der Waals surface area contributed by atoms with Gasteiger partial charge in [0, 0.05) is 17.0 Å². The molecule has 0 atom stereocenters. The van der Waals surface area contributed by atoms with Gasteiger partial charge >= 0.3 is 0 Å². The van der Waals surface area contributed by atoms with Crippen molar-refractivity contribution >= 4 is 16.7 Å². The fourth-order valence-electron chi connectivity index (χ4n) is 2.85. The molecule has 0 bridgehead atoms. The second-order valence-electron chi connectivity index (χ2n) is 5.99. The lowest BCUT2D eigenvalue weighted by Gasteiger charge is -2.11. The zero-order valence-electron chi connectivity index (χ0n) is 14.1. The molecule has 0 amide bonds. The minimum Gasteiger partial charge on any atom is -0.488 e. The van der Waals surface area contributed by atoms with Crippen LogP contribution in [0.2, 0.25) is 0 Å². The lowest BCUT2D eigenvalue weighted by Crippen LogP contribution is -2.06. The van der Waals surface area contributed by atoms with E-state index in [1.165, 1.54) is 0 Å². The summed E-state index contributed by atoms with van der Waals surface area (Å²) in [4.78, 5) is 17.3. The van der Waals surface area contributed by atoms with E-state index < -0.39 is 0 Å². The van der Waals surface area contributed by atoms with Crippen molar-refractivity contribution in [1.29, 1.82) is 0 Å². The average molecular weight is 339 g/mol. The second kappa shape index (κ2) is 7.19. The van der Waals surface area contributed by atoms with Crippen LogP contribution in [0, 0.1) is 0 Å². The molecule has 3 heteroatoms. The average Bonchev–Trinajstić information content (AvgIpc) is 2.72. The first-order valence-electron chi connectivity index (χ1n) is 8.47. The highest BCUT2D eigenvalue weighted by Gasteiger charge is 2.14. The number of nitrogens with zero attached hydrogens (tertiary/aromatic N) is 1. The first kappa shape index (κ1) is 16.0. The lowest BCUT2D eigenvalue weighted by molar-refractivity contribution is 0.103. The van der Waals surface area contributed by atoms with Crippen molar-refractivity contribution in [2.45, 2.75) is 6.61 Å². The van der Waals surface area contributed by atoms with Crippen molar-refractivity contribution in [2.75, 3.05) is 0 Å². The van der Waals surface area contributed by atoms with E-state index in [0.717, 1.165) is 16.5 Å². The van der Waals surface area contributed by atoms with E-state index in [1.54, 1.807) is 18.2 Å². The number of hydrogen-bond acceptors (Lipinski definition) is 3. The molecule has 3 nitrogen and oxygen atoms in total. The number of para-hydroxylation sites is 1. The third-order valence-electron chi connectivity index (χ3n) is 4.18. The van der Waals surface area contributed by atoms with Crippen LogP contribution in [-0.4, -0.2) is 10.8 Å². The Morgan fingerprint density at radius 1 is 0.808 bits per heavy atom. The summed E-state index contributed by atoms with van der Waals surface area (Å²) in [6.07, 6.45) is 0. The number of ketones is 1. The molecule has 0 spiro atoms. The topological polar surface area (TPSA) is 39.2 Å². The maximum atomic E-state index is 12.8. The predicted octanol–water partition coefficient (Wildman–Crippen LogP) is 5.04. The fourth-order valence-corrected chi connectivity index (χ4v) is 2.85. The maximum absolute atomic E-state index is 12.8. The van der Waals surface area contributed by atoms with E-state index in [4.69, 9.17) is 4.74 Å². The zero-order chi connectivity index (χ0) is 17.8. The number of carbonyl (C=O) groups excluding carboxylic acids is 1. The number of rotatable bonds is 5. The second-order valence-corrected chi connectivity index (χ2v) is 5.99. The van der Waals surface area contributed by atoms with Crippen LogP contribution in [0.15, 0.2) is 91.0 Å². The van der Waals surface area contributed by atoms with Crippen molar-refractivity contribution in [3.8, 4) is 5.75 Å². The monoisotopic (exact) mass is 339 g/mol. The molecule has 126 valence electrons. The van der Waals surface area contributed by atoms with Gasteiger partial charge in [-0.3, -0.25) is 4.79 Å². The summed E-state index contributed by atoms with van der Waals surface area (Å²) >= 11 is 0. The molecule has 4 aromatic rings. The maximum Gasteiger partial charge on any atom is 0.211 e. The molecular weight excluding hydrogens is 322 g/mol. The van der Waals surface area contributed by atoms with Gasteiger partial charge in [0.05, 0.1) is 5.52 Å². The van der Waals surface area contributed by atoms with E-state index in [9.17, 15) is 4.79 Å².